The predicted octanol–water partition coefficient (Wildman–Crippen LogP) is 1.39. The van der Waals surface area contributed by atoms with Gasteiger partial charge in [-0.15, -0.1) is 13.2 Å². The van der Waals surface area contributed by atoms with Gasteiger partial charge in [0.05, 0.1) is 0 Å². The van der Waals surface area contributed by atoms with E-state index in [0.29, 0.717) is 6.42 Å². The summed E-state index contributed by atoms with van der Waals surface area (Å²) in [5.74, 6) is 0.268. The number of carbonyl (C=O) groups is 1. The number of amides is 1. The minimum atomic E-state index is 0.268. The Labute approximate surface area is 116 Å². The maximum atomic E-state index is 12.0. The Morgan fingerprint density at radius 3 is 2.37 bits per heavy atom. The van der Waals surface area contributed by atoms with E-state index in [9.17, 15) is 4.79 Å². The molecule has 1 aliphatic rings. The van der Waals surface area contributed by atoms with Crippen molar-refractivity contribution >= 4 is 5.91 Å². The summed E-state index contributed by atoms with van der Waals surface area (Å²) >= 11 is 0. The lowest BCUT2D eigenvalue weighted by Gasteiger charge is -2.30. The van der Waals surface area contributed by atoms with Crippen molar-refractivity contribution in [2.75, 3.05) is 32.7 Å². The fourth-order valence-electron chi connectivity index (χ4n) is 2.38. The molecule has 1 fully saturated rings. The molecule has 1 heterocycles. The van der Waals surface area contributed by atoms with E-state index < -0.39 is 0 Å². The monoisotopic (exact) mass is 265 g/mol. The van der Waals surface area contributed by atoms with Gasteiger partial charge in [-0.1, -0.05) is 12.2 Å². The van der Waals surface area contributed by atoms with Crippen molar-refractivity contribution in [1.82, 2.24) is 9.80 Å². The third-order valence-electron chi connectivity index (χ3n) is 3.53. The van der Waals surface area contributed by atoms with Gasteiger partial charge in [0.15, 0.2) is 0 Å². The molecule has 1 amide bonds. The van der Waals surface area contributed by atoms with Gasteiger partial charge in [-0.2, -0.15) is 0 Å². The maximum absolute atomic E-state index is 12.0. The van der Waals surface area contributed by atoms with Crippen LogP contribution < -0.4 is 5.73 Å². The third kappa shape index (κ3) is 6.03. The smallest absolute Gasteiger partial charge is 0.222 e. The van der Waals surface area contributed by atoms with Crippen LogP contribution in [0, 0.1) is 0 Å². The van der Waals surface area contributed by atoms with Crippen molar-refractivity contribution in [3.63, 3.8) is 0 Å². The molecule has 0 saturated carbocycles. The Morgan fingerprint density at radius 1 is 1.26 bits per heavy atom. The number of hydrogen-bond acceptors (Lipinski definition) is 3. The van der Waals surface area contributed by atoms with Crippen molar-refractivity contribution in [3.05, 3.63) is 25.3 Å². The van der Waals surface area contributed by atoms with E-state index in [2.05, 4.69) is 18.1 Å². The van der Waals surface area contributed by atoms with E-state index in [-0.39, 0.29) is 11.9 Å². The molecule has 0 aliphatic carbocycles. The molecule has 0 unspecified atom stereocenters. The number of hydrogen-bond donors (Lipinski definition) is 1. The van der Waals surface area contributed by atoms with E-state index in [1.165, 1.54) is 0 Å². The Morgan fingerprint density at radius 2 is 1.84 bits per heavy atom. The number of nitrogens with zero attached hydrogens (tertiary/aromatic N) is 2. The topological polar surface area (TPSA) is 49.6 Å². The highest BCUT2D eigenvalue weighted by Crippen LogP contribution is 2.10. The average molecular weight is 265 g/mol. The molecule has 108 valence electrons. The van der Waals surface area contributed by atoms with Gasteiger partial charge >= 0.3 is 0 Å². The van der Waals surface area contributed by atoms with Crippen LogP contribution in [0.3, 0.4) is 0 Å². The van der Waals surface area contributed by atoms with Crippen molar-refractivity contribution in [2.24, 2.45) is 5.73 Å². The van der Waals surface area contributed by atoms with Crippen molar-refractivity contribution in [2.45, 2.75) is 31.7 Å². The zero-order valence-corrected chi connectivity index (χ0v) is 11.9. The first-order valence-corrected chi connectivity index (χ1v) is 7.15. The van der Waals surface area contributed by atoms with Crippen molar-refractivity contribution in [1.29, 1.82) is 0 Å². The molecule has 2 N–H and O–H groups in total. The second-order valence-electron chi connectivity index (χ2n) is 5.16. The summed E-state index contributed by atoms with van der Waals surface area (Å²) in [6, 6.07) is 0.278. The lowest BCUT2D eigenvalue weighted by Crippen LogP contribution is -2.43. The van der Waals surface area contributed by atoms with Gasteiger partial charge in [0, 0.05) is 38.6 Å². The van der Waals surface area contributed by atoms with Gasteiger partial charge in [-0.3, -0.25) is 9.69 Å². The van der Waals surface area contributed by atoms with Crippen LogP contribution in [0.4, 0.5) is 0 Å². The quantitative estimate of drug-likeness (QED) is 0.675. The van der Waals surface area contributed by atoms with Crippen LogP contribution >= 0.6 is 0 Å². The minimum absolute atomic E-state index is 0.268. The second kappa shape index (κ2) is 8.88. The molecular weight excluding hydrogens is 238 g/mol. The van der Waals surface area contributed by atoms with Gasteiger partial charge in [-0.05, 0) is 25.8 Å². The number of carbonyl (C=O) groups excluding carboxylic acids is 1. The highest BCUT2D eigenvalue weighted by atomic mass is 16.2. The zero-order valence-electron chi connectivity index (χ0n) is 11.9. The molecule has 0 atom stereocenters. The fourth-order valence-corrected chi connectivity index (χ4v) is 2.38. The van der Waals surface area contributed by atoms with Gasteiger partial charge in [0.1, 0.15) is 0 Å². The lowest BCUT2D eigenvalue weighted by atomic mass is 10.1. The highest BCUT2D eigenvalue weighted by molar-refractivity contribution is 5.76. The normalized spacial score (nSPS) is 16.6. The largest absolute Gasteiger partial charge is 0.343 e. The standard InChI is InChI=1S/C15H27N3O/c1-3-9-17(10-4-2)11-5-6-15(19)18-12-7-14(16)8-13-18/h3-4,14H,1-2,5-13,16H2. The first kappa shape index (κ1) is 15.9. The second-order valence-corrected chi connectivity index (χ2v) is 5.16. The Balaban J connectivity index is 2.21. The van der Waals surface area contributed by atoms with E-state index in [0.717, 1.165) is 52.0 Å². The van der Waals surface area contributed by atoms with E-state index in [1.807, 2.05) is 17.1 Å². The van der Waals surface area contributed by atoms with Crippen LogP contribution in [0.25, 0.3) is 0 Å². The molecule has 1 aliphatic heterocycles. The molecule has 0 spiro atoms. The SMILES string of the molecule is C=CCN(CC=C)CCCC(=O)N1CCC(N)CC1. The third-order valence-corrected chi connectivity index (χ3v) is 3.53. The Hall–Kier alpha value is -1.13. The van der Waals surface area contributed by atoms with Crippen LogP contribution in [0.5, 0.6) is 0 Å². The van der Waals surface area contributed by atoms with Crippen LogP contribution in [-0.2, 0) is 4.79 Å². The molecular formula is C15H27N3O. The highest BCUT2D eigenvalue weighted by Gasteiger charge is 2.19. The summed E-state index contributed by atoms with van der Waals surface area (Å²) in [7, 11) is 0. The molecule has 0 aromatic rings. The average Bonchev–Trinajstić information content (AvgIpc) is 2.40. The molecule has 1 saturated heterocycles. The predicted molar refractivity (Wildman–Crippen MR) is 79.9 cm³/mol. The first-order chi connectivity index (χ1) is 9.17. The Bertz CT molecular complexity index is 286. The number of rotatable bonds is 8. The number of likely N-dealkylation sites (tertiary alicyclic amines) is 1. The van der Waals surface area contributed by atoms with Crippen molar-refractivity contribution < 1.29 is 4.79 Å². The van der Waals surface area contributed by atoms with E-state index >= 15 is 0 Å². The van der Waals surface area contributed by atoms with Gasteiger partial charge < -0.3 is 10.6 Å². The molecule has 19 heavy (non-hydrogen) atoms. The van der Waals surface area contributed by atoms with E-state index in [4.69, 9.17) is 5.73 Å². The Kier molecular flexibility index (Phi) is 7.45. The van der Waals surface area contributed by atoms with Gasteiger partial charge in [0.2, 0.25) is 5.91 Å². The van der Waals surface area contributed by atoms with Crippen LogP contribution in [-0.4, -0.2) is 54.5 Å². The summed E-state index contributed by atoms with van der Waals surface area (Å²) in [4.78, 5) is 16.2. The van der Waals surface area contributed by atoms with Gasteiger partial charge in [-0.25, -0.2) is 0 Å². The zero-order chi connectivity index (χ0) is 14.1. The molecule has 4 heteroatoms. The van der Waals surface area contributed by atoms with Crippen LogP contribution in [0.2, 0.25) is 0 Å². The minimum Gasteiger partial charge on any atom is -0.343 e. The molecule has 0 aromatic carbocycles. The number of nitrogens with two attached hydrogens (primary N) is 1. The summed E-state index contributed by atoms with van der Waals surface area (Å²) in [6.45, 7) is 11.7. The summed E-state index contributed by atoms with van der Waals surface area (Å²) in [5.41, 5.74) is 5.84. The molecule has 0 bridgehead atoms. The maximum Gasteiger partial charge on any atom is 0.222 e. The molecule has 0 aromatic heterocycles. The van der Waals surface area contributed by atoms with Crippen molar-refractivity contribution in [3.8, 4) is 0 Å². The summed E-state index contributed by atoms with van der Waals surface area (Å²) < 4.78 is 0. The first-order valence-electron chi connectivity index (χ1n) is 7.15. The molecule has 4 nitrogen and oxygen atoms in total. The van der Waals surface area contributed by atoms with Crippen LogP contribution in [0.15, 0.2) is 25.3 Å². The summed E-state index contributed by atoms with van der Waals surface area (Å²) in [6.07, 6.45) is 7.16. The number of piperidine rings is 1. The molecule has 1 rings (SSSR count). The van der Waals surface area contributed by atoms with Gasteiger partial charge in [0.25, 0.3) is 0 Å². The van der Waals surface area contributed by atoms with E-state index in [1.54, 1.807) is 0 Å². The molecule has 0 radical (unpaired) electrons. The summed E-state index contributed by atoms with van der Waals surface area (Å²) in [5, 5.41) is 0. The van der Waals surface area contributed by atoms with Crippen LogP contribution in [0.1, 0.15) is 25.7 Å². The fraction of sp³-hybridized carbons (Fsp3) is 0.667. The lowest BCUT2D eigenvalue weighted by molar-refractivity contribution is -0.132.